The fourth-order valence-corrected chi connectivity index (χ4v) is 5.37. The Bertz CT molecular complexity index is 925. The quantitative estimate of drug-likeness (QED) is 0.468. The van der Waals surface area contributed by atoms with E-state index in [1.807, 2.05) is 13.8 Å². The van der Waals surface area contributed by atoms with Gasteiger partial charge in [0.15, 0.2) is 0 Å². The fourth-order valence-electron chi connectivity index (χ4n) is 3.93. The zero-order valence-corrected chi connectivity index (χ0v) is 20.5. The van der Waals surface area contributed by atoms with Gasteiger partial charge < -0.3 is 25.0 Å². The van der Waals surface area contributed by atoms with Crippen LogP contribution in [-0.4, -0.2) is 88.7 Å². The average Bonchev–Trinajstić information content (AvgIpc) is 3.34. The Hall–Kier alpha value is -2.14. The van der Waals surface area contributed by atoms with Crippen LogP contribution in [-0.2, 0) is 24.3 Å². The molecule has 0 aliphatic carbocycles. The molecule has 184 valence electrons. The maximum Gasteiger partial charge on any atom is 0.243 e. The number of rotatable bonds is 11. The molecule has 0 radical (unpaired) electrons. The third-order valence-electron chi connectivity index (χ3n) is 5.77. The summed E-state index contributed by atoms with van der Waals surface area (Å²) in [6.07, 6.45) is 2.16. The van der Waals surface area contributed by atoms with Gasteiger partial charge in [0.1, 0.15) is 0 Å². The molecule has 2 aliphatic rings. The summed E-state index contributed by atoms with van der Waals surface area (Å²) >= 11 is 0. The molecule has 1 aromatic rings. The molecule has 2 N–H and O–H groups in total. The molecule has 0 bridgehead atoms. The fraction of sp³-hybridized carbons (Fsp3) is 0.609. The maximum atomic E-state index is 13.1. The van der Waals surface area contributed by atoms with Crippen molar-refractivity contribution >= 4 is 27.3 Å². The summed E-state index contributed by atoms with van der Waals surface area (Å²) in [4.78, 5) is 14.6. The predicted molar refractivity (Wildman–Crippen MR) is 129 cm³/mol. The van der Waals surface area contributed by atoms with Crippen molar-refractivity contribution in [1.82, 2.24) is 9.21 Å². The zero-order valence-electron chi connectivity index (χ0n) is 19.6. The zero-order chi connectivity index (χ0) is 23.8. The molecule has 9 nitrogen and oxygen atoms in total. The van der Waals surface area contributed by atoms with Gasteiger partial charge in [-0.15, -0.1) is 0 Å². The van der Waals surface area contributed by atoms with Crippen molar-refractivity contribution < 1.29 is 22.7 Å². The van der Waals surface area contributed by atoms with Gasteiger partial charge in [0.25, 0.3) is 0 Å². The van der Waals surface area contributed by atoms with Gasteiger partial charge in [0.2, 0.25) is 15.9 Å². The van der Waals surface area contributed by atoms with Crippen LogP contribution in [0.3, 0.4) is 0 Å². The SMILES string of the molecule is C=C(C)CN(CC)C(=O)CNc1cc(S(=O)(=O)N2CCOCC2)ccc1NCC1CCCO1. The van der Waals surface area contributed by atoms with E-state index in [0.29, 0.717) is 51.6 Å². The van der Waals surface area contributed by atoms with Crippen LogP contribution in [0.15, 0.2) is 35.2 Å². The van der Waals surface area contributed by atoms with Crippen molar-refractivity contribution in [1.29, 1.82) is 0 Å². The maximum absolute atomic E-state index is 13.1. The largest absolute Gasteiger partial charge is 0.381 e. The molecule has 33 heavy (non-hydrogen) atoms. The number of nitrogens with one attached hydrogen (secondary N) is 2. The summed E-state index contributed by atoms with van der Waals surface area (Å²) in [5.74, 6) is -0.0768. The lowest BCUT2D eigenvalue weighted by Crippen LogP contribution is -2.40. The lowest BCUT2D eigenvalue weighted by atomic mass is 10.2. The van der Waals surface area contributed by atoms with Gasteiger partial charge in [-0.25, -0.2) is 8.42 Å². The van der Waals surface area contributed by atoms with Crippen LogP contribution in [0.4, 0.5) is 11.4 Å². The Morgan fingerprint density at radius 3 is 2.61 bits per heavy atom. The Morgan fingerprint density at radius 1 is 1.21 bits per heavy atom. The minimum absolute atomic E-state index is 0.0524. The molecule has 2 heterocycles. The van der Waals surface area contributed by atoms with E-state index in [4.69, 9.17) is 9.47 Å². The second-order valence-electron chi connectivity index (χ2n) is 8.46. The van der Waals surface area contributed by atoms with Crippen LogP contribution in [0.2, 0.25) is 0 Å². The molecule has 1 aromatic carbocycles. The molecular weight excluding hydrogens is 444 g/mol. The number of carbonyl (C=O) groups excluding carboxylic acids is 1. The topological polar surface area (TPSA) is 100 Å². The molecule has 2 fully saturated rings. The van der Waals surface area contributed by atoms with E-state index in [9.17, 15) is 13.2 Å². The van der Waals surface area contributed by atoms with E-state index in [0.717, 1.165) is 30.7 Å². The van der Waals surface area contributed by atoms with Crippen molar-refractivity contribution in [3.63, 3.8) is 0 Å². The van der Waals surface area contributed by atoms with Crippen LogP contribution in [0.25, 0.3) is 0 Å². The van der Waals surface area contributed by atoms with Gasteiger partial charge in [-0.2, -0.15) is 4.31 Å². The first kappa shape index (κ1) is 25.5. The number of hydrogen-bond acceptors (Lipinski definition) is 7. The van der Waals surface area contributed by atoms with Crippen molar-refractivity contribution in [2.24, 2.45) is 0 Å². The van der Waals surface area contributed by atoms with Crippen LogP contribution >= 0.6 is 0 Å². The summed E-state index contributed by atoms with van der Waals surface area (Å²) in [5, 5.41) is 6.52. The summed E-state index contributed by atoms with van der Waals surface area (Å²) in [7, 11) is -3.65. The molecule has 1 unspecified atom stereocenters. The van der Waals surface area contributed by atoms with Crippen LogP contribution in [0.1, 0.15) is 26.7 Å². The van der Waals surface area contributed by atoms with Crippen molar-refractivity contribution in [2.75, 3.05) is 69.7 Å². The van der Waals surface area contributed by atoms with E-state index in [2.05, 4.69) is 17.2 Å². The van der Waals surface area contributed by atoms with Crippen molar-refractivity contribution in [2.45, 2.75) is 37.7 Å². The smallest absolute Gasteiger partial charge is 0.243 e. The van der Waals surface area contributed by atoms with E-state index in [-0.39, 0.29) is 23.5 Å². The van der Waals surface area contributed by atoms with E-state index >= 15 is 0 Å². The van der Waals surface area contributed by atoms with Crippen molar-refractivity contribution in [3.05, 3.63) is 30.4 Å². The number of morpholine rings is 1. The monoisotopic (exact) mass is 480 g/mol. The molecule has 0 aromatic heterocycles. The molecule has 10 heteroatoms. The number of amides is 1. The third kappa shape index (κ3) is 6.92. The average molecular weight is 481 g/mol. The number of hydrogen-bond donors (Lipinski definition) is 2. The molecule has 0 spiro atoms. The lowest BCUT2D eigenvalue weighted by Gasteiger charge is -2.27. The number of carbonyl (C=O) groups is 1. The predicted octanol–water partition coefficient (Wildman–Crippen LogP) is 2.13. The third-order valence-corrected chi connectivity index (χ3v) is 7.66. The number of benzene rings is 1. The summed E-state index contributed by atoms with van der Waals surface area (Å²) < 4.78 is 38.7. The first-order valence-corrected chi connectivity index (χ1v) is 13.0. The lowest BCUT2D eigenvalue weighted by molar-refractivity contribution is -0.128. The second kappa shape index (κ2) is 11.8. The highest BCUT2D eigenvalue weighted by Gasteiger charge is 2.27. The van der Waals surface area contributed by atoms with E-state index in [1.54, 1.807) is 23.1 Å². The number of nitrogens with zero attached hydrogens (tertiary/aromatic N) is 2. The first-order valence-electron chi connectivity index (χ1n) is 11.5. The van der Waals surface area contributed by atoms with Gasteiger partial charge in [0.05, 0.1) is 42.1 Å². The van der Waals surface area contributed by atoms with Gasteiger partial charge in [0, 0.05) is 39.3 Å². The number of sulfonamides is 1. The highest BCUT2D eigenvalue weighted by atomic mass is 32.2. The molecule has 2 saturated heterocycles. The number of ether oxygens (including phenoxy) is 2. The normalized spacial score (nSPS) is 19.3. The standard InChI is InChI=1S/C23H36N4O5S/c1-4-26(17-18(2)3)23(28)16-25-22-14-20(33(29,30)27-9-12-31-13-10-27)7-8-21(22)24-15-19-6-5-11-32-19/h7-8,14,19,24-25H,2,4-6,9-13,15-17H2,1,3H3. The van der Waals surface area contributed by atoms with E-state index < -0.39 is 10.0 Å². The number of anilines is 2. The van der Waals surface area contributed by atoms with Gasteiger partial charge >= 0.3 is 0 Å². The van der Waals surface area contributed by atoms with Crippen LogP contribution in [0.5, 0.6) is 0 Å². The summed E-state index contributed by atoms with van der Waals surface area (Å²) in [6.45, 7) is 11.6. The molecule has 1 amide bonds. The molecule has 2 aliphatic heterocycles. The van der Waals surface area contributed by atoms with Gasteiger partial charge in [-0.05, 0) is 44.9 Å². The highest BCUT2D eigenvalue weighted by molar-refractivity contribution is 7.89. The Kier molecular flexibility index (Phi) is 9.13. The van der Waals surface area contributed by atoms with Crippen LogP contribution < -0.4 is 10.6 Å². The Morgan fingerprint density at radius 2 is 1.97 bits per heavy atom. The Labute approximate surface area is 197 Å². The molecular formula is C23H36N4O5S. The summed E-state index contributed by atoms with van der Waals surface area (Å²) in [6, 6.07) is 4.96. The second-order valence-corrected chi connectivity index (χ2v) is 10.4. The van der Waals surface area contributed by atoms with Crippen molar-refractivity contribution in [3.8, 4) is 0 Å². The number of likely N-dealkylation sites (N-methyl/N-ethyl adjacent to an activating group) is 1. The first-order chi connectivity index (χ1) is 15.8. The molecule has 1 atom stereocenters. The van der Waals surface area contributed by atoms with E-state index in [1.165, 1.54) is 4.31 Å². The van der Waals surface area contributed by atoms with Gasteiger partial charge in [-0.1, -0.05) is 12.2 Å². The highest BCUT2D eigenvalue weighted by Crippen LogP contribution is 2.28. The Balaban J connectivity index is 1.79. The minimum Gasteiger partial charge on any atom is -0.381 e. The van der Waals surface area contributed by atoms with Crippen LogP contribution in [0, 0.1) is 0 Å². The molecule has 3 rings (SSSR count). The molecule has 0 saturated carbocycles. The van der Waals surface area contributed by atoms with Gasteiger partial charge in [-0.3, -0.25) is 4.79 Å². The minimum atomic E-state index is -3.65. The summed E-state index contributed by atoms with van der Waals surface area (Å²) in [5.41, 5.74) is 2.21.